The van der Waals surface area contributed by atoms with Gasteiger partial charge >= 0.3 is 5.97 Å². The van der Waals surface area contributed by atoms with Crippen LogP contribution in [0.25, 0.3) is 0 Å². The highest BCUT2D eigenvalue weighted by Gasteiger charge is 2.62. The average Bonchev–Trinajstić information content (AvgIpc) is 2.60. The molecule has 35 heavy (non-hydrogen) atoms. The third-order valence-corrected chi connectivity index (χ3v) is 19.5. The Bertz CT molecular complexity index is 823. The van der Waals surface area contributed by atoms with Crippen molar-refractivity contribution in [1.29, 1.82) is 0 Å². The molecule has 0 aliphatic carbocycles. The van der Waals surface area contributed by atoms with E-state index < -0.39 is 38.7 Å². The molecule has 9 heteroatoms. The molecule has 1 rings (SSSR count). The van der Waals surface area contributed by atoms with Crippen LogP contribution in [0.1, 0.15) is 76.2 Å². The number of hydrogen-bond acceptors (Lipinski definition) is 5. The Morgan fingerprint density at radius 2 is 1.37 bits per heavy atom. The first-order valence-electron chi connectivity index (χ1n) is 12.7. The van der Waals surface area contributed by atoms with Crippen molar-refractivity contribution in [3.05, 3.63) is 0 Å². The Labute approximate surface area is 224 Å². The highest BCUT2D eigenvalue weighted by molar-refractivity contribution is 9.10. The van der Waals surface area contributed by atoms with Gasteiger partial charge in [-0.25, -0.2) is 4.79 Å². The van der Waals surface area contributed by atoms with E-state index in [9.17, 15) is 14.4 Å². The summed E-state index contributed by atoms with van der Waals surface area (Å²) in [6.07, 6.45) is -0.284. The molecular weight excluding hydrogens is 542 g/mol. The number of amides is 1. The molecule has 0 aromatic heterocycles. The highest BCUT2D eigenvalue weighted by atomic mass is 79.9. The number of esters is 1. The number of halogens is 1. The Hall–Kier alpha value is -0.516. The zero-order valence-corrected chi connectivity index (χ0v) is 28.3. The molecule has 6 nitrogen and oxygen atoms in total. The number of rotatable bonds is 8. The van der Waals surface area contributed by atoms with Crippen LogP contribution in [0.4, 0.5) is 0 Å². The van der Waals surface area contributed by atoms with Gasteiger partial charge in [0, 0.05) is 6.04 Å². The van der Waals surface area contributed by atoms with Gasteiger partial charge in [-0.15, -0.1) is 0 Å². The second-order valence-electron chi connectivity index (χ2n) is 14.2. The van der Waals surface area contributed by atoms with Gasteiger partial charge in [-0.2, -0.15) is 0 Å². The number of Topliss-reactive ketones (excluding diaryl/α,β-unsaturated/α-hetero) is 1. The van der Waals surface area contributed by atoms with Gasteiger partial charge in [0.15, 0.2) is 16.6 Å². The van der Waals surface area contributed by atoms with Crippen LogP contribution in [0.2, 0.25) is 36.3 Å². The fourth-order valence-corrected chi connectivity index (χ4v) is 8.64. The maximum absolute atomic E-state index is 13.8. The molecule has 0 radical (unpaired) electrons. The van der Waals surface area contributed by atoms with Gasteiger partial charge in [0.1, 0.15) is 5.60 Å². The van der Waals surface area contributed by atoms with E-state index in [2.05, 4.69) is 88.2 Å². The van der Waals surface area contributed by atoms with Crippen molar-refractivity contribution in [2.24, 2.45) is 11.8 Å². The monoisotopic (exact) mass is 591 g/mol. The maximum Gasteiger partial charge on any atom is 0.376 e. The van der Waals surface area contributed by atoms with E-state index in [-0.39, 0.29) is 40.0 Å². The summed E-state index contributed by atoms with van der Waals surface area (Å²) in [7, 11) is -4.37. The third-order valence-electron chi connectivity index (χ3n) is 8.27. The first-order chi connectivity index (χ1) is 15.3. The lowest BCUT2D eigenvalue weighted by molar-refractivity contribution is -0.164. The second-order valence-corrected chi connectivity index (χ2v) is 25.1. The van der Waals surface area contributed by atoms with Crippen molar-refractivity contribution in [3.8, 4) is 0 Å². The van der Waals surface area contributed by atoms with Gasteiger partial charge < -0.3 is 13.7 Å². The molecule has 1 unspecified atom stereocenters. The normalized spacial score (nSPS) is 22.9. The summed E-state index contributed by atoms with van der Waals surface area (Å²) in [4.78, 5) is 38.6. The van der Waals surface area contributed by atoms with E-state index in [1.54, 1.807) is 20.8 Å². The van der Waals surface area contributed by atoms with Crippen molar-refractivity contribution in [3.63, 3.8) is 0 Å². The van der Waals surface area contributed by atoms with Crippen LogP contribution in [0.3, 0.4) is 0 Å². The van der Waals surface area contributed by atoms with E-state index in [1.807, 2.05) is 13.8 Å². The Morgan fingerprint density at radius 1 is 0.914 bits per heavy atom. The van der Waals surface area contributed by atoms with Crippen molar-refractivity contribution in [2.45, 2.75) is 135 Å². The van der Waals surface area contributed by atoms with E-state index >= 15 is 0 Å². The van der Waals surface area contributed by atoms with E-state index in [0.717, 1.165) is 0 Å². The number of ketones is 1. The molecule has 0 N–H and O–H groups in total. The zero-order chi connectivity index (χ0) is 28.1. The SMILES string of the molecule is C[C@@H](O[Si](C)(C)C(C)(C)C)[C@H]1C(=O)N([Si](C)(C)C(C)(C)C)[C@@H]1[C@@H](C)C(Br)C(=O)C(=O)OC(C)(C)C. The number of ether oxygens (including phenoxy) is 1. The third kappa shape index (κ3) is 6.87. The van der Waals surface area contributed by atoms with Gasteiger partial charge in [-0.1, -0.05) is 77.5 Å². The van der Waals surface area contributed by atoms with Crippen molar-refractivity contribution < 1.29 is 23.5 Å². The number of hydrogen-bond donors (Lipinski definition) is 0. The lowest BCUT2D eigenvalue weighted by Gasteiger charge is -2.62. The summed E-state index contributed by atoms with van der Waals surface area (Å²) in [6.45, 7) is 31.0. The van der Waals surface area contributed by atoms with Crippen LogP contribution in [-0.2, 0) is 23.5 Å². The van der Waals surface area contributed by atoms with Crippen LogP contribution < -0.4 is 0 Å². The van der Waals surface area contributed by atoms with Crippen molar-refractivity contribution in [1.82, 2.24) is 4.57 Å². The van der Waals surface area contributed by atoms with E-state index in [0.29, 0.717) is 0 Å². The first kappa shape index (κ1) is 32.5. The number of carbonyl (C=O) groups is 3. The summed E-state index contributed by atoms with van der Waals surface area (Å²) in [5.41, 5.74) is -0.754. The average molecular weight is 593 g/mol. The molecule has 0 bridgehead atoms. The molecule has 1 saturated heterocycles. The summed E-state index contributed by atoms with van der Waals surface area (Å²) in [5.74, 6) is -2.02. The molecule has 0 spiro atoms. The molecule has 1 heterocycles. The smallest absolute Gasteiger partial charge is 0.376 e. The second kappa shape index (κ2) is 10.3. The molecule has 1 aliphatic heterocycles. The minimum Gasteiger partial charge on any atom is -0.454 e. The van der Waals surface area contributed by atoms with Crippen molar-refractivity contribution in [2.75, 3.05) is 0 Å². The molecule has 1 amide bonds. The van der Waals surface area contributed by atoms with Gasteiger partial charge in [0.25, 0.3) is 5.78 Å². The minimum absolute atomic E-state index is 0.0128. The quantitative estimate of drug-likeness (QED) is 0.105. The van der Waals surface area contributed by atoms with Crippen LogP contribution in [0, 0.1) is 11.8 Å². The lowest BCUT2D eigenvalue weighted by atomic mass is 9.77. The van der Waals surface area contributed by atoms with Crippen molar-refractivity contribution >= 4 is 50.1 Å². The number of carbonyl (C=O) groups excluding carboxylic acids is 3. The van der Waals surface area contributed by atoms with E-state index in [4.69, 9.17) is 9.16 Å². The van der Waals surface area contributed by atoms with Gasteiger partial charge in [0.2, 0.25) is 5.91 Å². The van der Waals surface area contributed by atoms with Gasteiger partial charge in [0.05, 0.1) is 16.8 Å². The lowest BCUT2D eigenvalue weighted by Crippen LogP contribution is -2.77. The fourth-order valence-electron chi connectivity index (χ4n) is 4.15. The van der Waals surface area contributed by atoms with E-state index in [1.165, 1.54) is 0 Å². The molecule has 1 aliphatic rings. The largest absolute Gasteiger partial charge is 0.454 e. The molecule has 0 aromatic carbocycles. The molecule has 0 saturated carbocycles. The van der Waals surface area contributed by atoms with Gasteiger partial charge in [-0.3, -0.25) is 9.59 Å². The highest BCUT2D eigenvalue weighted by Crippen LogP contribution is 2.49. The summed E-state index contributed by atoms with van der Waals surface area (Å²) in [6, 6.07) is -0.209. The Morgan fingerprint density at radius 3 is 1.74 bits per heavy atom. The predicted octanol–water partition coefficient (Wildman–Crippen LogP) is 6.54. The van der Waals surface area contributed by atoms with Crippen LogP contribution in [0.5, 0.6) is 0 Å². The fraction of sp³-hybridized carbons (Fsp3) is 0.885. The van der Waals surface area contributed by atoms with Crippen LogP contribution in [-0.4, -0.2) is 61.4 Å². The summed E-state index contributed by atoms with van der Waals surface area (Å²) >= 11 is 3.52. The molecule has 5 atom stereocenters. The number of nitrogens with zero attached hydrogens (tertiary/aromatic N) is 1. The zero-order valence-electron chi connectivity index (χ0n) is 24.8. The number of alkyl halides is 1. The van der Waals surface area contributed by atoms with Crippen LogP contribution in [0.15, 0.2) is 0 Å². The molecule has 204 valence electrons. The predicted molar refractivity (Wildman–Crippen MR) is 152 cm³/mol. The van der Waals surface area contributed by atoms with Crippen LogP contribution >= 0.6 is 15.9 Å². The molecular formula is C26H50BrNO5Si2. The molecule has 1 fully saturated rings. The van der Waals surface area contributed by atoms with Gasteiger partial charge in [-0.05, 0) is 56.8 Å². The first-order valence-corrected chi connectivity index (χ1v) is 19.5. The standard InChI is InChI=1S/C26H50BrNO5Si2/c1-16(19(27)21(29)23(31)32-24(3,4)5)20-18(17(2)33-35(14,15)26(9,10)11)22(30)28(20)34(12,13)25(6,7)8/h16-20H,1-15H3/t16-,17+,18+,19?,20+/m0/s1. The Balaban J connectivity index is 3.39. The maximum atomic E-state index is 13.8. The summed E-state index contributed by atoms with van der Waals surface area (Å²) < 4.78 is 14.1. The Kier molecular flexibility index (Phi) is 9.60. The molecule has 0 aromatic rings. The minimum atomic E-state index is -2.25. The topological polar surface area (TPSA) is 72.9 Å². The summed E-state index contributed by atoms with van der Waals surface area (Å²) in [5, 5.41) is -0.0506. The number of β-lactam (4-membered cyclic amide) rings is 1.